The third-order valence-electron chi connectivity index (χ3n) is 17.8. The van der Waals surface area contributed by atoms with Crippen LogP contribution in [0.1, 0.15) is 141 Å². The summed E-state index contributed by atoms with van der Waals surface area (Å²) in [7, 11) is -4.99. The van der Waals surface area contributed by atoms with Crippen molar-refractivity contribution in [1.82, 2.24) is 4.98 Å². The molecule has 2 aliphatic heterocycles. The minimum atomic E-state index is -1.67. The monoisotopic (exact) mass is 1350 g/mol. The van der Waals surface area contributed by atoms with Gasteiger partial charge in [-0.15, -0.1) is 79.9 Å². The van der Waals surface area contributed by atoms with Crippen LogP contribution in [0.4, 0.5) is 0 Å². The number of thioether (sulfide) groups is 2. The van der Waals surface area contributed by atoms with Gasteiger partial charge in [0.2, 0.25) is 0 Å². The number of fused-ring (bicyclic) bond motifs is 15. The van der Waals surface area contributed by atoms with Crippen LogP contribution in [0, 0.1) is 68.2 Å². The summed E-state index contributed by atoms with van der Waals surface area (Å²) in [6.07, 6.45) is 0. The molecule has 14 heteroatoms. The van der Waals surface area contributed by atoms with E-state index in [2.05, 4.69) is 278 Å². The second-order valence-corrected chi connectivity index (χ2v) is 47.4. The molecule has 0 spiro atoms. The van der Waals surface area contributed by atoms with Crippen molar-refractivity contribution in [2.24, 2.45) is 23.7 Å². The normalized spacial score (nSPS) is 25.0. The van der Waals surface area contributed by atoms with E-state index in [0.29, 0.717) is 5.54 Å². The Morgan fingerprint density at radius 3 is 1.19 bits per heavy atom. The Bertz CT molecular complexity index is 3190. The van der Waals surface area contributed by atoms with Crippen LogP contribution in [0.25, 0.3) is 55.2 Å². The van der Waals surface area contributed by atoms with Gasteiger partial charge in [-0.3, -0.25) is 0 Å². The van der Waals surface area contributed by atoms with Gasteiger partial charge in [-0.1, -0.05) is 185 Å². The Morgan fingerprint density at radius 1 is 0.458 bits per heavy atom. The van der Waals surface area contributed by atoms with Crippen molar-refractivity contribution >= 4 is 139 Å². The van der Waals surface area contributed by atoms with E-state index < -0.39 is 24.7 Å². The minimum absolute atomic E-state index is 0. The summed E-state index contributed by atoms with van der Waals surface area (Å²) in [5.41, 5.74) is 7.13. The third-order valence-corrected chi connectivity index (χ3v) is 38.1. The molecule has 452 valence electrons. The molecular formula is C69H105N3S6Si3Ti2. The molecule has 1 N–H and O–H groups in total. The van der Waals surface area contributed by atoms with Gasteiger partial charge in [-0.25, -0.2) is 0 Å². The Morgan fingerprint density at radius 2 is 0.819 bits per heavy atom. The van der Waals surface area contributed by atoms with Crippen molar-refractivity contribution in [3.63, 3.8) is 0 Å². The first-order chi connectivity index (χ1) is 34.8. The Labute approximate surface area is 566 Å². The fraction of sp³-hybridized carbons (Fsp3) is 0.507. The van der Waals surface area contributed by atoms with Crippen LogP contribution in [0.3, 0.4) is 0 Å². The Balaban J connectivity index is 0.000000406. The SMILES string of the molecule is CC1=C(C)C([Si](C)(C)NC(C)(C)C)c2sc3c(sc4ccccc43)c21.CC1C(C)C([Si](C)(C)[N-]C(C)(C)C)C2Sc3c(sc4ccccc34)C12.CC1C(C)C([Si](C)(C)[N-]C(C)(C)C)C2Sc3c(sc4ccccc34)C12.[CH3-].[CH3-].[CH3-].[CH3-].[CH3-].[CH3-].[Ti+4].[Ti+4]. The van der Waals surface area contributed by atoms with Gasteiger partial charge >= 0.3 is 43.4 Å². The quantitative estimate of drug-likeness (QED) is 0.133. The predicted molar refractivity (Wildman–Crippen MR) is 391 cm³/mol. The molecule has 0 amide bonds. The summed E-state index contributed by atoms with van der Waals surface area (Å²) >= 11 is 12.5. The summed E-state index contributed by atoms with van der Waals surface area (Å²) < 4.78 is 7.38. The summed E-state index contributed by atoms with van der Waals surface area (Å²) in [4.78, 5) is 23.0. The van der Waals surface area contributed by atoms with E-state index in [4.69, 9.17) is 9.96 Å². The van der Waals surface area contributed by atoms with E-state index in [9.17, 15) is 0 Å². The average molecular weight is 1350 g/mol. The molecule has 2 saturated carbocycles. The van der Waals surface area contributed by atoms with Crippen LogP contribution in [0.2, 0.25) is 50.4 Å². The van der Waals surface area contributed by atoms with Crippen LogP contribution >= 0.6 is 68.9 Å². The molecule has 5 aliphatic rings. The number of benzene rings is 3. The molecule has 0 bridgehead atoms. The number of rotatable bonds is 6. The number of nitrogens with zero attached hydrogens (tertiary/aromatic N) is 2. The first-order valence-electron chi connectivity index (χ1n) is 28.1. The van der Waals surface area contributed by atoms with E-state index in [-0.39, 0.29) is 105 Å². The molecule has 6 heterocycles. The van der Waals surface area contributed by atoms with Crippen molar-refractivity contribution in [3.05, 3.63) is 153 Å². The van der Waals surface area contributed by atoms with E-state index >= 15 is 0 Å². The number of hydrogen-bond donors (Lipinski definition) is 1. The maximum absolute atomic E-state index is 5.41. The van der Waals surface area contributed by atoms with Gasteiger partial charge in [0.1, 0.15) is 8.24 Å². The van der Waals surface area contributed by atoms with Gasteiger partial charge in [-0.2, -0.15) is 0 Å². The molecule has 7 aromatic rings. The second-order valence-electron chi connectivity index (χ2n) is 28.1. The Kier molecular flexibility index (Phi) is 26.8. The first kappa shape index (κ1) is 79.0. The smallest absolute Gasteiger partial charge is 0.660 e. The van der Waals surface area contributed by atoms with Crippen LogP contribution in [0.15, 0.2) is 88.2 Å². The molecule has 3 aliphatic carbocycles. The molecule has 4 aromatic heterocycles. The number of nitrogens with one attached hydrogen (secondary N) is 1. The topological polar surface area (TPSA) is 40.2 Å². The molecule has 2 fully saturated rings. The zero-order chi connectivity index (χ0) is 54.4. The fourth-order valence-corrected chi connectivity index (χ4v) is 42.3. The van der Waals surface area contributed by atoms with Gasteiger partial charge in [0.05, 0.1) is 9.40 Å². The van der Waals surface area contributed by atoms with E-state index in [0.717, 1.165) is 57.1 Å². The summed E-state index contributed by atoms with van der Waals surface area (Å²) in [5, 5.41) is 5.90. The summed E-state index contributed by atoms with van der Waals surface area (Å²) in [6.45, 7) is 50.3. The van der Waals surface area contributed by atoms with E-state index in [1.165, 1.54) is 45.2 Å². The van der Waals surface area contributed by atoms with Crippen molar-refractivity contribution in [3.8, 4) is 0 Å². The van der Waals surface area contributed by atoms with Crippen molar-refractivity contribution in [2.75, 3.05) is 0 Å². The molecule has 83 heavy (non-hydrogen) atoms. The average Bonchev–Trinajstić information content (AvgIpc) is 4.16. The van der Waals surface area contributed by atoms with Crippen molar-refractivity contribution in [1.29, 1.82) is 0 Å². The van der Waals surface area contributed by atoms with Gasteiger partial charge < -0.3 is 59.5 Å². The fourth-order valence-electron chi connectivity index (χ4n) is 15.7. The molecular weight excluding hydrogens is 1240 g/mol. The van der Waals surface area contributed by atoms with Gasteiger partial charge in [-0.05, 0) is 93.1 Å². The zero-order valence-electron chi connectivity index (χ0n) is 56.1. The van der Waals surface area contributed by atoms with Crippen LogP contribution in [-0.4, -0.2) is 51.8 Å². The van der Waals surface area contributed by atoms with Crippen LogP contribution in [0.5, 0.6) is 0 Å². The molecule has 0 radical (unpaired) electrons. The standard InChI is InChI=1S/2C21H30NS2Si.C21H27NS2Si.6CH3.2Ti/c3*1-12-13(2)20(25(6,7)22-21(3,4)5)19-16(12)18-17(24-19)14-10-8-9-11-15(14)23-18;;;;;;;;/h2*8-13,16,19-20H,1-7H3;8-11,20,22H,1-7H3;6*1H3;;/q2*-1;;6*-1;2*+4. The molecule has 0 saturated heterocycles. The minimum Gasteiger partial charge on any atom is -0.660 e. The van der Waals surface area contributed by atoms with Gasteiger partial charge in [0.15, 0.2) is 0 Å². The molecule has 3 aromatic carbocycles. The second kappa shape index (κ2) is 28.2. The van der Waals surface area contributed by atoms with Gasteiger partial charge in [0, 0.05) is 93.7 Å². The number of hydrogen-bond acceptors (Lipinski definition) is 7. The molecule has 3 nitrogen and oxygen atoms in total. The maximum atomic E-state index is 5.41. The van der Waals surface area contributed by atoms with E-state index in [1.807, 2.05) is 11.3 Å². The first-order valence-corrected chi connectivity index (χ1v) is 42.2. The van der Waals surface area contributed by atoms with E-state index in [1.54, 1.807) is 35.6 Å². The largest absolute Gasteiger partial charge is 4.00 e. The third kappa shape index (κ3) is 14.7. The molecule has 11 atom stereocenters. The van der Waals surface area contributed by atoms with Crippen molar-refractivity contribution in [2.45, 2.75) is 209 Å². The van der Waals surface area contributed by atoms with Crippen molar-refractivity contribution < 1.29 is 43.4 Å². The number of allylic oxidation sites excluding steroid dienone is 2. The summed E-state index contributed by atoms with van der Waals surface area (Å²) in [6, 6.07) is 26.9. The van der Waals surface area contributed by atoms with Crippen LogP contribution < -0.4 is 4.98 Å². The maximum Gasteiger partial charge on any atom is 4.00 e. The predicted octanol–water partition coefficient (Wildman–Crippen LogP) is 24.8. The van der Waals surface area contributed by atoms with Crippen LogP contribution in [-0.2, 0) is 43.4 Å². The number of thiophene rings is 4. The zero-order valence-corrected chi connectivity index (χ0v) is 67.1. The van der Waals surface area contributed by atoms with Gasteiger partial charge in [0.25, 0.3) is 0 Å². The molecule has 12 rings (SSSR count). The summed E-state index contributed by atoms with van der Waals surface area (Å²) in [5.74, 6) is 4.54. The molecule has 11 unspecified atom stereocenters. The Hall–Kier alpha value is -0.101.